The van der Waals surface area contributed by atoms with Crippen molar-refractivity contribution in [1.82, 2.24) is 9.13 Å². The third-order valence-corrected chi connectivity index (χ3v) is 12.6. The minimum atomic E-state index is -4.64. The predicted octanol–water partition coefficient (Wildman–Crippen LogP) is 15.9. The van der Waals surface area contributed by atoms with Gasteiger partial charge < -0.3 is 9.13 Å². The first-order valence-corrected chi connectivity index (χ1v) is 21.2. The molecule has 0 amide bonds. The van der Waals surface area contributed by atoms with E-state index in [4.69, 9.17) is 0 Å². The highest BCUT2D eigenvalue weighted by atomic mass is 19.4. The molecule has 2 aromatic heterocycles. The SMILES string of the molecule is Cc1cccc(C(F)(F)F)c1-c1cc(-n2c3ccc(C(C)(C)C)cc3c3cc(C(C)(C)C)ccc32)c(C#N)cc1-n1c2ccc(C(C)(C)C)cc2c2cc(C(C)(C)C)ccc21. The highest BCUT2D eigenvalue weighted by molar-refractivity contribution is 6.12. The Kier molecular flexibility index (Phi) is 9.52. The molecule has 0 atom stereocenters. The number of nitriles is 1. The molecule has 0 unspecified atom stereocenters. The zero-order chi connectivity index (χ0) is 44.4. The Balaban J connectivity index is 1.56. The van der Waals surface area contributed by atoms with Crippen LogP contribution in [-0.2, 0) is 27.8 Å². The second-order valence-electron chi connectivity index (χ2n) is 21.1. The number of halogens is 3. The van der Waals surface area contributed by atoms with Crippen LogP contribution in [0.5, 0.6) is 0 Å². The molecule has 6 aromatic carbocycles. The smallest absolute Gasteiger partial charge is 0.309 e. The summed E-state index contributed by atoms with van der Waals surface area (Å²) < 4.78 is 50.2. The van der Waals surface area contributed by atoms with Crippen LogP contribution >= 0.6 is 0 Å². The van der Waals surface area contributed by atoms with E-state index in [-0.39, 0.29) is 27.2 Å². The quantitative estimate of drug-likeness (QED) is 0.175. The number of fused-ring (bicyclic) bond motifs is 6. The molecule has 2 heterocycles. The fraction of sp³-hybridized carbons (Fsp3) is 0.327. The van der Waals surface area contributed by atoms with Crippen molar-refractivity contribution < 1.29 is 13.2 Å². The first-order chi connectivity index (χ1) is 28.3. The zero-order valence-electron chi connectivity index (χ0n) is 37.8. The van der Waals surface area contributed by atoms with Crippen LogP contribution in [0.4, 0.5) is 13.2 Å². The molecule has 61 heavy (non-hydrogen) atoms. The largest absolute Gasteiger partial charge is 0.417 e. The van der Waals surface area contributed by atoms with E-state index in [1.807, 2.05) is 12.1 Å². The lowest BCUT2D eigenvalue weighted by Gasteiger charge is -2.23. The Morgan fingerprint density at radius 2 is 0.820 bits per heavy atom. The van der Waals surface area contributed by atoms with Crippen molar-refractivity contribution in [3.8, 4) is 28.6 Å². The maximum Gasteiger partial charge on any atom is 0.417 e. The normalized spacial score (nSPS) is 13.2. The minimum absolute atomic E-state index is 0.0918. The summed E-state index contributed by atoms with van der Waals surface area (Å²) in [6.45, 7) is 28.0. The molecule has 0 saturated heterocycles. The molecule has 3 nitrogen and oxygen atoms in total. The number of nitrogens with zero attached hydrogens (tertiary/aromatic N) is 3. The lowest BCUT2D eigenvalue weighted by Crippen LogP contribution is -2.12. The number of aromatic nitrogens is 2. The van der Waals surface area contributed by atoms with E-state index < -0.39 is 11.7 Å². The molecule has 0 bridgehead atoms. The molecule has 0 aliphatic rings. The average molecular weight is 816 g/mol. The number of alkyl halides is 3. The molecule has 8 aromatic rings. The lowest BCUT2D eigenvalue weighted by atomic mass is 9.85. The summed E-state index contributed by atoms with van der Waals surface area (Å²) in [4.78, 5) is 0. The highest BCUT2D eigenvalue weighted by Crippen LogP contribution is 2.47. The summed E-state index contributed by atoms with van der Waals surface area (Å²) in [5, 5.41) is 15.3. The van der Waals surface area contributed by atoms with Crippen LogP contribution in [0, 0.1) is 18.3 Å². The molecule has 0 aliphatic carbocycles. The third-order valence-electron chi connectivity index (χ3n) is 12.6. The summed E-state index contributed by atoms with van der Waals surface area (Å²) in [5.41, 5.74) is 9.23. The van der Waals surface area contributed by atoms with Crippen molar-refractivity contribution in [3.05, 3.63) is 142 Å². The summed E-state index contributed by atoms with van der Waals surface area (Å²) in [6.07, 6.45) is -4.64. The molecule has 8 rings (SSSR count). The minimum Gasteiger partial charge on any atom is -0.309 e. The summed E-state index contributed by atoms with van der Waals surface area (Å²) >= 11 is 0. The Bertz CT molecular complexity index is 2970. The molecule has 6 heteroatoms. The van der Waals surface area contributed by atoms with E-state index in [0.29, 0.717) is 28.1 Å². The monoisotopic (exact) mass is 815 g/mol. The maximum atomic E-state index is 15.3. The molecule has 0 N–H and O–H groups in total. The first kappa shape index (κ1) is 41.9. The summed E-state index contributed by atoms with van der Waals surface area (Å²) in [5.74, 6) is 0. The average Bonchev–Trinajstić information content (AvgIpc) is 3.67. The van der Waals surface area contributed by atoms with Crippen molar-refractivity contribution in [3.63, 3.8) is 0 Å². The Hall–Kier alpha value is -5.80. The van der Waals surface area contributed by atoms with Crippen molar-refractivity contribution in [2.24, 2.45) is 0 Å². The Morgan fingerprint density at radius 1 is 0.459 bits per heavy atom. The number of hydrogen-bond acceptors (Lipinski definition) is 1. The van der Waals surface area contributed by atoms with E-state index in [1.165, 1.54) is 23.3 Å². The standard InChI is InChI=1S/C55H56F3N3/c1-32-15-14-16-43(55(56,57)58)50(32)42-30-48(60-44-21-17-34(51(2,3)4)26-38(44)39-27-35(52(5,6)7)18-22-45(39)60)33(31-59)25-49(42)61-46-23-19-36(53(8,9)10)28-40(46)41-29-37(54(11,12)13)20-24-47(41)61/h14-30H,1-13H3. The van der Waals surface area contributed by atoms with Gasteiger partial charge in [0, 0.05) is 27.1 Å². The Labute approximate surface area is 358 Å². The number of aryl methyl sites for hydroxylation is 1. The van der Waals surface area contributed by atoms with Gasteiger partial charge in [0.2, 0.25) is 0 Å². The van der Waals surface area contributed by atoms with E-state index in [2.05, 4.69) is 171 Å². The van der Waals surface area contributed by atoms with Gasteiger partial charge in [-0.05, 0) is 129 Å². The van der Waals surface area contributed by atoms with Gasteiger partial charge in [-0.2, -0.15) is 18.4 Å². The van der Waals surface area contributed by atoms with Gasteiger partial charge in [-0.25, -0.2) is 0 Å². The summed E-state index contributed by atoms with van der Waals surface area (Å²) in [6, 6.07) is 36.4. The number of benzene rings is 6. The summed E-state index contributed by atoms with van der Waals surface area (Å²) in [7, 11) is 0. The fourth-order valence-corrected chi connectivity index (χ4v) is 8.93. The van der Waals surface area contributed by atoms with Crippen molar-refractivity contribution >= 4 is 43.6 Å². The second-order valence-corrected chi connectivity index (χ2v) is 21.1. The van der Waals surface area contributed by atoms with Crippen molar-refractivity contribution in [1.29, 1.82) is 5.26 Å². The molecule has 0 aliphatic heterocycles. The Morgan fingerprint density at radius 3 is 1.15 bits per heavy atom. The van der Waals surface area contributed by atoms with Gasteiger partial charge in [-0.1, -0.05) is 119 Å². The molecule has 0 spiro atoms. The van der Waals surface area contributed by atoms with Crippen LogP contribution in [-0.4, -0.2) is 9.13 Å². The predicted molar refractivity (Wildman–Crippen MR) is 250 cm³/mol. The van der Waals surface area contributed by atoms with Crippen LogP contribution < -0.4 is 0 Å². The molecular formula is C55H56F3N3. The van der Waals surface area contributed by atoms with Gasteiger partial charge in [0.25, 0.3) is 0 Å². The van der Waals surface area contributed by atoms with Crippen LogP contribution in [0.2, 0.25) is 0 Å². The first-order valence-electron chi connectivity index (χ1n) is 21.2. The second kappa shape index (κ2) is 13.9. The van der Waals surface area contributed by atoms with E-state index >= 15 is 13.2 Å². The molecule has 0 radical (unpaired) electrons. The van der Waals surface area contributed by atoms with Crippen LogP contribution in [0.3, 0.4) is 0 Å². The van der Waals surface area contributed by atoms with Crippen molar-refractivity contribution in [2.75, 3.05) is 0 Å². The van der Waals surface area contributed by atoms with E-state index in [1.54, 1.807) is 13.0 Å². The molecule has 312 valence electrons. The van der Waals surface area contributed by atoms with Crippen molar-refractivity contribution in [2.45, 2.75) is 118 Å². The lowest BCUT2D eigenvalue weighted by molar-refractivity contribution is -0.137. The number of hydrogen-bond donors (Lipinski definition) is 0. The van der Waals surface area contributed by atoms with Gasteiger partial charge in [0.05, 0.1) is 44.6 Å². The van der Waals surface area contributed by atoms with Crippen LogP contribution in [0.15, 0.2) is 103 Å². The van der Waals surface area contributed by atoms with Crippen LogP contribution in [0.25, 0.3) is 66.1 Å². The van der Waals surface area contributed by atoms with Gasteiger partial charge >= 0.3 is 6.18 Å². The maximum absolute atomic E-state index is 15.3. The van der Waals surface area contributed by atoms with E-state index in [0.717, 1.165) is 54.7 Å². The van der Waals surface area contributed by atoms with Gasteiger partial charge in [-0.15, -0.1) is 0 Å². The number of rotatable bonds is 3. The molecular weight excluding hydrogens is 760 g/mol. The van der Waals surface area contributed by atoms with Crippen LogP contribution in [0.1, 0.15) is 122 Å². The van der Waals surface area contributed by atoms with Gasteiger partial charge in [-0.3, -0.25) is 0 Å². The third kappa shape index (κ3) is 7.10. The zero-order valence-corrected chi connectivity index (χ0v) is 37.8. The van der Waals surface area contributed by atoms with Gasteiger partial charge in [0.15, 0.2) is 0 Å². The van der Waals surface area contributed by atoms with Gasteiger partial charge in [0.1, 0.15) is 6.07 Å². The fourth-order valence-electron chi connectivity index (χ4n) is 8.93. The molecule has 0 fully saturated rings. The highest BCUT2D eigenvalue weighted by Gasteiger charge is 2.36. The van der Waals surface area contributed by atoms with E-state index in [9.17, 15) is 5.26 Å². The molecule has 0 saturated carbocycles. The topological polar surface area (TPSA) is 33.6 Å².